The lowest BCUT2D eigenvalue weighted by Crippen LogP contribution is -2.40. The van der Waals surface area contributed by atoms with Gasteiger partial charge in [0.25, 0.3) is 0 Å². The zero-order chi connectivity index (χ0) is 15.6. The highest BCUT2D eigenvalue weighted by Gasteiger charge is 2.33. The largest absolute Gasteiger partial charge is 0.458 e. The molecule has 1 aliphatic heterocycles. The minimum absolute atomic E-state index is 0.0661. The van der Waals surface area contributed by atoms with Gasteiger partial charge in [-0.05, 0) is 52.7 Å². The Bertz CT molecular complexity index is 527. The van der Waals surface area contributed by atoms with Crippen molar-refractivity contribution in [3.8, 4) is 0 Å². The summed E-state index contributed by atoms with van der Waals surface area (Å²) in [6.07, 6.45) is 1.67. The fourth-order valence-corrected chi connectivity index (χ4v) is 2.51. The van der Waals surface area contributed by atoms with Crippen LogP contribution in [0.25, 0.3) is 0 Å². The number of hydrogen-bond acceptors (Lipinski definition) is 4. The van der Waals surface area contributed by atoms with E-state index in [0.717, 1.165) is 12.8 Å². The van der Waals surface area contributed by atoms with Crippen LogP contribution in [-0.4, -0.2) is 35.0 Å². The Labute approximate surface area is 125 Å². The molecular formula is C16H23NO4. The molecule has 1 aromatic rings. The van der Waals surface area contributed by atoms with Crippen molar-refractivity contribution >= 4 is 11.9 Å². The topological polar surface area (TPSA) is 59.8 Å². The van der Waals surface area contributed by atoms with Crippen LogP contribution in [0.5, 0.6) is 0 Å². The average Bonchev–Trinajstić information content (AvgIpc) is 2.95. The van der Waals surface area contributed by atoms with E-state index in [1.165, 1.54) is 0 Å². The van der Waals surface area contributed by atoms with Crippen molar-refractivity contribution in [1.29, 1.82) is 0 Å². The van der Waals surface area contributed by atoms with Crippen molar-refractivity contribution < 1.29 is 18.7 Å². The molecule has 1 aliphatic rings. The first-order chi connectivity index (χ1) is 9.76. The molecule has 1 unspecified atom stereocenters. The molecule has 0 bridgehead atoms. The lowest BCUT2D eigenvalue weighted by molar-refractivity contribution is 0.0222. The Morgan fingerprint density at radius 3 is 2.67 bits per heavy atom. The van der Waals surface area contributed by atoms with Crippen LogP contribution >= 0.6 is 0 Å². The Morgan fingerprint density at radius 2 is 2.10 bits per heavy atom. The van der Waals surface area contributed by atoms with E-state index in [2.05, 4.69) is 0 Å². The number of likely N-dealkylation sites (tertiary alicyclic amines) is 1. The molecule has 0 N–H and O–H groups in total. The summed E-state index contributed by atoms with van der Waals surface area (Å²) in [6, 6.07) is 3.36. The fourth-order valence-electron chi connectivity index (χ4n) is 2.51. The number of ether oxygens (including phenoxy) is 1. The van der Waals surface area contributed by atoms with Gasteiger partial charge in [0.15, 0.2) is 11.5 Å². The van der Waals surface area contributed by atoms with Crippen LogP contribution in [0.1, 0.15) is 56.3 Å². The van der Waals surface area contributed by atoms with Gasteiger partial charge in [0.1, 0.15) is 11.4 Å². The number of hydrogen-bond donors (Lipinski definition) is 0. The van der Waals surface area contributed by atoms with E-state index in [9.17, 15) is 9.59 Å². The number of carbonyl (C=O) groups is 2. The molecule has 1 fully saturated rings. The molecule has 1 amide bonds. The summed E-state index contributed by atoms with van der Waals surface area (Å²) < 4.78 is 10.7. The Morgan fingerprint density at radius 1 is 1.38 bits per heavy atom. The molecule has 2 heterocycles. The predicted octanol–water partition coefficient (Wildman–Crippen LogP) is 3.56. The van der Waals surface area contributed by atoms with Gasteiger partial charge in [0.05, 0.1) is 0 Å². The second kappa shape index (κ2) is 5.92. The maximum atomic E-state index is 12.2. The molecule has 116 valence electrons. The van der Waals surface area contributed by atoms with E-state index in [1.807, 2.05) is 20.8 Å². The zero-order valence-electron chi connectivity index (χ0n) is 13.1. The van der Waals surface area contributed by atoms with E-state index >= 15 is 0 Å². The maximum absolute atomic E-state index is 12.2. The highest BCUT2D eigenvalue weighted by molar-refractivity contribution is 5.94. The maximum Gasteiger partial charge on any atom is 0.410 e. The van der Waals surface area contributed by atoms with Crippen LogP contribution in [0, 0.1) is 6.92 Å². The number of ketones is 1. The molecule has 1 saturated heterocycles. The summed E-state index contributed by atoms with van der Waals surface area (Å²) in [4.78, 5) is 26.0. The minimum atomic E-state index is -0.521. The molecule has 0 saturated carbocycles. The number of nitrogens with zero attached hydrogens (tertiary/aromatic N) is 1. The van der Waals surface area contributed by atoms with Gasteiger partial charge in [-0.2, -0.15) is 0 Å². The van der Waals surface area contributed by atoms with Crippen LogP contribution in [0.4, 0.5) is 4.79 Å². The highest BCUT2D eigenvalue weighted by atomic mass is 16.6. The van der Waals surface area contributed by atoms with E-state index < -0.39 is 5.60 Å². The molecule has 5 heteroatoms. The molecule has 2 rings (SSSR count). The quantitative estimate of drug-likeness (QED) is 0.799. The third kappa shape index (κ3) is 4.09. The summed E-state index contributed by atoms with van der Waals surface area (Å²) in [7, 11) is 0. The SMILES string of the molecule is Cc1ccc(C(=O)CC2CCCN2C(=O)OC(C)(C)C)o1. The summed E-state index contributed by atoms with van der Waals surface area (Å²) in [5, 5.41) is 0. The number of aryl methyl sites for hydroxylation is 1. The smallest absolute Gasteiger partial charge is 0.410 e. The standard InChI is InChI=1S/C16H23NO4/c1-11-7-8-14(20-11)13(18)10-12-6-5-9-17(12)15(19)21-16(2,3)4/h7-8,12H,5-6,9-10H2,1-4H3. The van der Waals surface area contributed by atoms with E-state index in [1.54, 1.807) is 24.0 Å². The third-order valence-corrected chi connectivity index (χ3v) is 3.44. The molecule has 1 atom stereocenters. The van der Waals surface area contributed by atoms with Gasteiger partial charge in [-0.25, -0.2) is 4.79 Å². The zero-order valence-corrected chi connectivity index (χ0v) is 13.1. The van der Waals surface area contributed by atoms with Gasteiger partial charge in [-0.3, -0.25) is 4.79 Å². The third-order valence-electron chi connectivity index (χ3n) is 3.44. The molecule has 0 spiro atoms. The van der Waals surface area contributed by atoms with Crippen molar-refractivity contribution in [2.24, 2.45) is 0 Å². The second-order valence-corrected chi connectivity index (χ2v) is 6.51. The average molecular weight is 293 g/mol. The lowest BCUT2D eigenvalue weighted by atomic mass is 10.1. The van der Waals surface area contributed by atoms with Gasteiger partial charge in [0.2, 0.25) is 0 Å². The van der Waals surface area contributed by atoms with Crippen LogP contribution < -0.4 is 0 Å². The minimum Gasteiger partial charge on any atom is -0.458 e. The number of carbonyl (C=O) groups excluding carboxylic acids is 2. The lowest BCUT2D eigenvalue weighted by Gasteiger charge is -2.28. The number of amides is 1. The molecule has 21 heavy (non-hydrogen) atoms. The Hall–Kier alpha value is -1.78. The highest BCUT2D eigenvalue weighted by Crippen LogP contribution is 2.24. The second-order valence-electron chi connectivity index (χ2n) is 6.51. The summed E-state index contributed by atoms with van der Waals surface area (Å²) in [5.41, 5.74) is -0.521. The first kappa shape index (κ1) is 15.6. The molecule has 0 radical (unpaired) electrons. The van der Waals surface area contributed by atoms with Crippen LogP contribution in [0.3, 0.4) is 0 Å². The molecule has 0 aromatic carbocycles. The molecule has 0 aliphatic carbocycles. The van der Waals surface area contributed by atoms with Crippen molar-refractivity contribution in [2.75, 3.05) is 6.54 Å². The van der Waals surface area contributed by atoms with Gasteiger partial charge >= 0.3 is 6.09 Å². The fraction of sp³-hybridized carbons (Fsp3) is 0.625. The normalized spacial score (nSPS) is 18.9. The van der Waals surface area contributed by atoms with E-state index in [0.29, 0.717) is 18.1 Å². The first-order valence-corrected chi connectivity index (χ1v) is 7.35. The van der Waals surface area contributed by atoms with Crippen molar-refractivity contribution in [3.63, 3.8) is 0 Å². The van der Waals surface area contributed by atoms with Crippen molar-refractivity contribution in [2.45, 2.75) is 58.6 Å². The summed E-state index contributed by atoms with van der Waals surface area (Å²) >= 11 is 0. The van der Waals surface area contributed by atoms with E-state index in [4.69, 9.17) is 9.15 Å². The van der Waals surface area contributed by atoms with E-state index in [-0.39, 0.29) is 24.3 Å². The summed E-state index contributed by atoms with van der Waals surface area (Å²) in [6.45, 7) is 7.97. The molecular weight excluding hydrogens is 270 g/mol. The van der Waals surface area contributed by atoms with Gasteiger partial charge in [-0.1, -0.05) is 0 Å². The number of rotatable bonds is 3. The van der Waals surface area contributed by atoms with Gasteiger partial charge in [-0.15, -0.1) is 0 Å². The number of furan rings is 1. The number of Topliss-reactive ketones (excluding diaryl/α,β-unsaturated/α-hetero) is 1. The summed E-state index contributed by atoms with van der Waals surface area (Å²) in [5.74, 6) is 1.01. The van der Waals surface area contributed by atoms with Gasteiger partial charge < -0.3 is 14.1 Å². The molecule has 5 nitrogen and oxygen atoms in total. The Kier molecular flexibility index (Phi) is 4.40. The Balaban J connectivity index is 1.99. The van der Waals surface area contributed by atoms with Crippen LogP contribution in [0.2, 0.25) is 0 Å². The van der Waals surface area contributed by atoms with Crippen LogP contribution in [0.15, 0.2) is 16.5 Å². The first-order valence-electron chi connectivity index (χ1n) is 7.35. The van der Waals surface area contributed by atoms with Crippen molar-refractivity contribution in [1.82, 2.24) is 4.90 Å². The monoisotopic (exact) mass is 293 g/mol. The predicted molar refractivity (Wildman–Crippen MR) is 78.4 cm³/mol. The van der Waals surface area contributed by atoms with Gasteiger partial charge in [0, 0.05) is 19.0 Å². The molecule has 1 aromatic heterocycles. The van der Waals surface area contributed by atoms with Crippen LogP contribution in [-0.2, 0) is 4.74 Å². The van der Waals surface area contributed by atoms with Crippen molar-refractivity contribution in [3.05, 3.63) is 23.7 Å².